The third-order valence-corrected chi connectivity index (χ3v) is 4.93. The highest BCUT2D eigenvalue weighted by Crippen LogP contribution is 2.34. The van der Waals surface area contributed by atoms with Gasteiger partial charge in [0, 0.05) is 29.7 Å². The Balaban J connectivity index is 1.37. The number of rotatable bonds is 3. The number of ether oxygens (including phenoxy) is 2. The van der Waals surface area contributed by atoms with Crippen molar-refractivity contribution in [1.82, 2.24) is 4.90 Å². The van der Waals surface area contributed by atoms with Crippen LogP contribution in [0.5, 0.6) is 11.5 Å². The van der Waals surface area contributed by atoms with Crippen LogP contribution in [0.1, 0.15) is 10.4 Å². The Hall–Kier alpha value is -2.05. The van der Waals surface area contributed by atoms with Gasteiger partial charge in [0.2, 0.25) is 12.7 Å². The molecule has 0 saturated heterocycles. The van der Waals surface area contributed by atoms with E-state index in [0.29, 0.717) is 12.3 Å². The average Bonchev–Trinajstić information content (AvgIpc) is 3.14. The molecule has 0 spiro atoms. The fourth-order valence-corrected chi connectivity index (χ4v) is 3.71. The van der Waals surface area contributed by atoms with Gasteiger partial charge in [-0.1, -0.05) is 0 Å². The van der Waals surface area contributed by atoms with E-state index in [2.05, 4.69) is 21.7 Å². The number of hydrogen-bond donors (Lipinski definition) is 1. The van der Waals surface area contributed by atoms with Gasteiger partial charge < -0.3 is 14.8 Å². The summed E-state index contributed by atoms with van der Waals surface area (Å²) in [6, 6.07) is 7.60. The van der Waals surface area contributed by atoms with Crippen molar-refractivity contribution >= 4 is 22.9 Å². The summed E-state index contributed by atoms with van der Waals surface area (Å²) in [6.07, 6.45) is 1.03. The Kier molecular flexibility index (Phi) is 3.48. The lowest BCUT2D eigenvalue weighted by Crippen LogP contribution is -2.36. The van der Waals surface area contributed by atoms with Crippen molar-refractivity contribution in [2.45, 2.75) is 13.0 Å². The minimum absolute atomic E-state index is 0.00227. The number of nitrogens with zero attached hydrogens (tertiary/aromatic N) is 1. The highest BCUT2D eigenvalue weighted by atomic mass is 32.1. The Morgan fingerprint density at radius 3 is 3.14 bits per heavy atom. The van der Waals surface area contributed by atoms with Gasteiger partial charge in [-0.2, -0.15) is 0 Å². The molecule has 2 aromatic rings. The molecule has 6 heteroatoms. The van der Waals surface area contributed by atoms with Crippen LogP contribution in [0.15, 0.2) is 29.6 Å². The zero-order chi connectivity index (χ0) is 14.9. The van der Waals surface area contributed by atoms with Crippen LogP contribution in [0.2, 0.25) is 0 Å². The van der Waals surface area contributed by atoms with Crippen LogP contribution in [0.25, 0.3) is 0 Å². The number of anilines is 1. The smallest absolute Gasteiger partial charge is 0.238 e. The Bertz CT molecular complexity index is 713. The van der Waals surface area contributed by atoms with Crippen molar-refractivity contribution in [1.29, 1.82) is 0 Å². The summed E-state index contributed by atoms with van der Waals surface area (Å²) < 4.78 is 10.6. The van der Waals surface area contributed by atoms with Crippen molar-refractivity contribution in [3.05, 3.63) is 40.1 Å². The molecule has 2 aliphatic rings. The molecule has 1 aromatic carbocycles. The summed E-state index contributed by atoms with van der Waals surface area (Å²) in [5, 5.41) is 5.05. The van der Waals surface area contributed by atoms with E-state index in [1.807, 2.05) is 23.5 Å². The van der Waals surface area contributed by atoms with Gasteiger partial charge in [-0.05, 0) is 35.6 Å². The van der Waals surface area contributed by atoms with Gasteiger partial charge in [0.15, 0.2) is 11.5 Å². The molecule has 0 saturated carbocycles. The normalized spacial score (nSPS) is 16.4. The molecular formula is C16H16N2O3S. The number of carbonyl (C=O) groups excluding carboxylic acids is 1. The van der Waals surface area contributed by atoms with Gasteiger partial charge in [0.25, 0.3) is 0 Å². The van der Waals surface area contributed by atoms with Crippen LogP contribution in [0.3, 0.4) is 0 Å². The molecule has 2 aliphatic heterocycles. The molecule has 22 heavy (non-hydrogen) atoms. The first kappa shape index (κ1) is 13.6. The lowest BCUT2D eigenvalue weighted by Gasteiger charge is -2.26. The molecule has 1 amide bonds. The number of hydrogen-bond acceptors (Lipinski definition) is 5. The maximum Gasteiger partial charge on any atom is 0.238 e. The van der Waals surface area contributed by atoms with Crippen molar-refractivity contribution in [3.8, 4) is 11.5 Å². The van der Waals surface area contributed by atoms with Crippen LogP contribution < -0.4 is 14.8 Å². The molecule has 4 rings (SSSR count). The second-order valence-corrected chi connectivity index (χ2v) is 6.45. The molecule has 0 unspecified atom stereocenters. The van der Waals surface area contributed by atoms with E-state index in [1.165, 1.54) is 10.4 Å². The van der Waals surface area contributed by atoms with E-state index in [0.717, 1.165) is 30.9 Å². The summed E-state index contributed by atoms with van der Waals surface area (Å²) in [4.78, 5) is 15.8. The van der Waals surface area contributed by atoms with E-state index >= 15 is 0 Å². The molecule has 0 bridgehead atoms. The largest absolute Gasteiger partial charge is 0.454 e. The summed E-state index contributed by atoms with van der Waals surface area (Å²) in [7, 11) is 0. The maximum absolute atomic E-state index is 12.2. The number of amides is 1. The second-order valence-electron chi connectivity index (χ2n) is 5.45. The molecule has 1 aromatic heterocycles. The SMILES string of the molecule is O=C(CN1CCc2sccc2C1)Nc1ccc2c(c1)OCO2. The first-order chi connectivity index (χ1) is 10.8. The zero-order valence-corrected chi connectivity index (χ0v) is 12.8. The van der Waals surface area contributed by atoms with E-state index in [-0.39, 0.29) is 12.7 Å². The number of fused-ring (bicyclic) bond motifs is 2. The number of nitrogens with one attached hydrogen (secondary N) is 1. The monoisotopic (exact) mass is 316 g/mol. The van der Waals surface area contributed by atoms with Gasteiger partial charge in [0.05, 0.1) is 6.54 Å². The second kappa shape index (κ2) is 5.62. The van der Waals surface area contributed by atoms with E-state index in [4.69, 9.17) is 9.47 Å². The Morgan fingerprint density at radius 1 is 1.27 bits per heavy atom. The lowest BCUT2D eigenvalue weighted by atomic mass is 10.1. The maximum atomic E-state index is 12.2. The van der Waals surface area contributed by atoms with Gasteiger partial charge in [-0.25, -0.2) is 0 Å². The summed E-state index contributed by atoms with van der Waals surface area (Å²) in [6.45, 7) is 2.43. The number of carbonyl (C=O) groups is 1. The molecular weight excluding hydrogens is 300 g/mol. The minimum Gasteiger partial charge on any atom is -0.454 e. The Labute approximate surface area is 132 Å². The van der Waals surface area contributed by atoms with Gasteiger partial charge >= 0.3 is 0 Å². The minimum atomic E-state index is -0.00227. The third-order valence-electron chi connectivity index (χ3n) is 3.91. The van der Waals surface area contributed by atoms with Crippen LogP contribution in [-0.4, -0.2) is 30.7 Å². The van der Waals surface area contributed by atoms with E-state index in [9.17, 15) is 4.79 Å². The molecule has 0 fully saturated rings. The first-order valence-electron chi connectivity index (χ1n) is 7.25. The molecule has 0 atom stereocenters. The zero-order valence-electron chi connectivity index (χ0n) is 12.0. The summed E-state index contributed by atoms with van der Waals surface area (Å²) >= 11 is 1.81. The highest BCUT2D eigenvalue weighted by Gasteiger charge is 2.20. The van der Waals surface area contributed by atoms with Crippen LogP contribution >= 0.6 is 11.3 Å². The van der Waals surface area contributed by atoms with Crippen LogP contribution in [0, 0.1) is 0 Å². The average molecular weight is 316 g/mol. The van der Waals surface area contributed by atoms with E-state index < -0.39 is 0 Å². The predicted molar refractivity (Wildman–Crippen MR) is 84.5 cm³/mol. The number of benzene rings is 1. The molecule has 5 nitrogen and oxygen atoms in total. The lowest BCUT2D eigenvalue weighted by molar-refractivity contribution is -0.117. The standard InChI is InChI=1S/C16H16N2O3S/c19-16(9-18-5-3-15-11(8-18)4-6-22-15)17-12-1-2-13-14(7-12)21-10-20-13/h1-2,4,6-7H,3,5,8-10H2,(H,17,19). The van der Waals surface area contributed by atoms with Gasteiger partial charge in [-0.15, -0.1) is 11.3 Å². The molecule has 114 valence electrons. The Morgan fingerprint density at radius 2 is 2.18 bits per heavy atom. The fourth-order valence-electron chi connectivity index (χ4n) is 2.82. The summed E-state index contributed by atoms with van der Waals surface area (Å²) in [5.41, 5.74) is 2.09. The van der Waals surface area contributed by atoms with Crippen molar-refractivity contribution in [2.75, 3.05) is 25.2 Å². The first-order valence-corrected chi connectivity index (χ1v) is 8.13. The van der Waals surface area contributed by atoms with Gasteiger partial charge in [-0.3, -0.25) is 9.69 Å². The third kappa shape index (κ3) is 2.67. The van der Waals surface area contributed by atoms with Gasteiger partial charge in [0.1, 0.15) is 0 Å². The quantitative estimate of drug-likeness (QED) is 0.945. The number of thiophene rings is 1. The molecule has 3 heterocycles. The van der Waals surface area contributed by atoms with Crippen LogP contribution in [-0.2, 0) is 17.8 Å². The van der Waals surface area contributed by atoms with Crippen molar-refractivity contribution in [3.63, 3.8) is 0 Å². The van der Waals surface area contributed by atoms with Crippen molar-refractivity contribution < 1.29 is 14.3 Å². The molecule has 0 radical (unpaired) electrons. The van der Waals surface area contributed by atoms with Crippen LogP contribution in [0.4, 0.5) is 5.69 Å². The summed E-state index contributed by atoms with van der Waals surface area (Å²) in [5.74, 6) is 1.40. The molecule has 0 aliphatic carbocycles. The predicted octanol–water partition coefficient (Wildman–Crippen LogP) is 2.47. The van der Waals surface area contributed by atoms with E-state index in [1.54, 1.807) is 6.07 Å². The van der Waals surface area contributed by atoms with Crippen molar-refractivity contribution in [2.24, 2.45) is 0 Å². The fraction of sp³-hybridized carbons (Fsp3) is 0.312. The molecule has 1 N–H and O–H groups in total. The topological polar surface area (TPSA) is 50.8 Å². The highest BCUT2D eigenvalue weighted by molar-refractivity contribution is 7.10.